The fourth-order valence-corrected chi connectivity index (χ4v) is 3.72. The maximum atomic E-state index is 14.4. The molecule has 0 spiro atoms. The zero-order valence-electron chi connectivity index (χ0n) is 16.3. The standard InChI is InChI=1S/C21H22F3N3O3/c1-2-15-18(26-20(30-15)27-10-3-4-11-27)19(28)25-13-7-8-16(14(22)12-13)29-17-6-5-9-21(17,23)24/h2,7-8,12,17H,1,3-6,9-11H2,(H,25,28). The molecule has 1 aromatic heterocycles. The van der Waals surface area contributed by atoms with Crippen LogP contribution in [0.5, 0.6) is 5.75 Å². The molecule has 2 heterocycles. The monoisotopic (exact) mass is 421 g/mol. The average Bonchev–Trinajstić information content (AvgIpc) is 3.43. The van der Waals surface area contributed by atoms with Gasteiger partial charge in [0.2, 0.25) is 0 Å². The van der Waals surface area contributed by atoms with Crippen LogP contribution in [0.2, 0.25) is 0 Å². The third-order valence-corrected chi connectivity index (χ3v) is 5.33. The lowest BCUT2D eigenvalue weighted by molar-refractivity contribution is -0.0746. The summed E-state index contributed by atoms with van der Waals surface area (Å²) < 4.78 is 52.6. The zero-order valence-corrected chi connectivity index (χ0v) is 16.3. The Kier molecular flexibility index (Phi) is 5.44. The van der Waals surface area contributed by atoms with Crippen molar-refractivity contribution in [3.8, 4) is 5.75 Å². The molecule has 1 atom stereocenters. The number of nitrogens with zero attached hydrogens (tertiary/aromatic N) is 2. The van der Waals surface area contributed by atoms with Crippen LogP contribution in [0, 0.1) is 5.82 Å². The number of ether oxygens (including phenoxy) is 1. The van der Waals surface area contributed by atoms with Gasteiger partial charge in [0.25, 0.3) is 17.8 Å². The second-order valence-electron chi connectivity index (χ2n) is 7.47. The van der Waals surface area contributed by atoms with E-state index in [-0.39, 0.29) is 35.7 Å². The summed E-state index contributed by atoms with van der Waals surface area (Å²) in [7, 11) is 0. The van der Waals surface area contributed by atoms with E-state index in [9.17, 15) is 18.0 Å². The summed E-state index contributed by atoms with van der Waals surface area (Å²) in [5.41, 5.74) is 0.182. The van der Waals surface area contributed by atoms with Gasteiger partial charge in [-0.1, -0.05) is 6.58 Å². The number of rotatable bonds is 6. The highest BCUT2D eigenvalue weighted by Gasteiger charge is 2.46. The molecule has 0 bridgehead atoms. The second kappa shape index (κ2) is 8.04. The largest absolute Gasteiger partial charge is 0.481 e. The Morgan fingerprint density at radius 3 is 2.73 bits per heavy atom. The lowest BCUT2D eigenvalue weighted by Crippen LogP contribution is -2.32. The summed E-state index contributed by atoms with van der Waals surface area (Å²) in [5, 5.41) is 2.54. The lowest BCUT2D eigenvalue weighted by atomic mass is 10.2. The Morgan fingerprint density at radius 1 is 1.33 bits per heavy atom. The van der Waals surface area contributed by atoms with Crippen molar-refractivity contribution in [1.82, 2.24) is 4.98 Å². The number of benzene rings is 1. The van der Waals surface area contributed by atoms with Gasteiger partial charge in [-0.2, -0.15) is 4.98 Å². The fraction of sp³-hybridized carbons (Fsp3) is 0.429. The van der Waals surface area contributed by atoms with E-state index >= 15 is 0 Å². The van der Waals surface area contributed by atoms with E-state index in [0.717, 1.165) is 32.0 Å². The van der Waals surface area contributed by atoms with Gasteiger partial charge in [-0.05, 0) is 43.9 Å². The van der Waals surface area contributed by atoms with Crippen LogP contribution in [0.4, 0.5) is 24.9 Å². The number of nitrogens with one attached hydrogen (secondary N) is 1. The third-order valence-electron chi connectivity index (χ3n) is 5.33. The molecule has 1 aliphatic carbocycles. The van der Waals surface area contributed by atoms with Gasteiger partial charge < -0.3 is 19.4 Å². The molecule has 1 saturated heterocycles. The first-order valence-corrected chi connectivity index (χ1v) is 9.91. The molecule has 2 fully saturated rings. The highest BCUT2D eigenvalue weighted by Crippen LogP contribution is 2.38. The number of halogens is 3. The van der Waals surface area contributed by atoms with E-state index in [2.05, 4.69) is 16.9 Å². The molecule has 1 amide bonds. The molecule has 1 unspecified atom stereocenters. The Labute approximate surface area is 171 Å². The number of hydrogen-bond donors (Lipinski definition) is 1. The SMILES string of the molecule is C=Cc1oc(N2CCCC2)nc1C(=O)Nc1ccc(OC2CCCC2(F)F)c(F)c1. The van der Waals surface area contributed by atoms with Crippen LogP contribution < -0.4 is 15.0 Å². The van der Waals surface area contributed by atoms with Gasteiger partial charge in [-0.3, -0.25) is 4.79 Å². The minimum Gasteiger partial charge on any atom is -0.481 e. The molecule has 1 saturated carbocycles. The van der Waals surface area contributed by atoms with E-state index < -0.39 is 23.8 Å². The molecule has 6 nitrogen and oxygen atoms in total. The first-order valence-electron chi connectivity index (χ1n) is 9.91. The van der Waals surface area contributed by atoms with E-state index in [1.807, 2.05) is 4.90 Å². The number of anilines is 2. The van der Waals surface area contributed by atoms with Crippen LogP contribution in [-0.4, -0.2) is 36.0 Å². The van der Waals surface area contributed by atoms with Crippen LogP contribution in [0.1, 0.15) is 48.4 Å². The first-order chi connectivity index (χ1) is 14.4. The van der Waals surface area contributed by atoms with E-state index in [1.54, 1.807) is 0 Å². The predicted molar refractivity (Wildman–Crippen MR) is 106 cm³/mol. The van der Waals surface area contributed by atoms with Gasteiger partial charge in [0.05, 0.1) is 0 Å². The Morgan fingerprint density at radius 2 is 2.10 bits per heavy atom. The van der Waals surface area contributed by atoms with Crippen LogP contribution in [0.3, 0.4) is 0 Å². The van der Waals surface area contributed by atoms with Crippen molar-refractivity contribution in [1.29, 1.82) is 0 Å². The molecule has 0 radical (unpaired) electrons. The second-order valence-corrected chi connectivity index (χ2v) is 7.47. The molecule has 160 valence electrons. The fourth-order valence-electron chi connectivity index (χ4n) is 3.72. The van der Waals surface area contributed by atoms with Gasteiger partial charge >= 0.3 is 0 Å². The molecule has 2 aliphatic rings. The maximum Gasteiger partial charge on any atom is 0.298 e. The molecule has 2 aromatic rings. The number of hydrogen-bond acceptors (Lipinski definition) is 5. The summed E-state index contributed by atoms with van der Waals surface area (Å²) in [4.78, 5) is 18.8. The lowest BCUT2D eigenvalue weighted by Gasteiger charge is -2.21. The molecular weight excluding hydrogens is 399 g/mol. The highest BCUT2D eigenvalue weighted by atomic mass is 19.3. The van der Waals surface area contributed by atoms with Gasteiger partial charge in [-0.15, -0.1) is 0 Å². The van der Waals surface area contributed by atoms with Crippen molar-refractivity contribution in [2.75, 3.05) is 23.3 Å². The summed E-state index contributed by atoms with van der Waals surface area (Å²) >= 11 is 0. The normalized spacial score (nSPS) is 20.4. The predicted octanol–water partition coefficient (Wildman–Crippen LogP) is 4.88. The number of carbonyl (C=O) groups is 1. The molecule has 1 aromatic carbocycles. The molecule has 1 N–H and O–H groups in total. The number of alkyl halides is 2. The van der Waals surface area contributed by atoms with Crippen molar-refractivity contribution < 1.29 is 27.1 Å². The number of oxazole rings is 1. The Hall–Kier alpha value is -2.97. The summed E-state index contributed by atoms with van der Waals surface area (Å²) in [5.74, 6) is -4.45. The van der Waals surface area contributed by atoms with Gasteiger partial charge in [-0.25, -0.2) is 13.2 Å². The number of carbonyl (C=O) groups excluding carboxylic acids is 1. The van der Waals surface area contributed by atoms with E-state index in [1.165, 1.54) is 18.2 Å². The van der Waals surface area contributed by atoms with Crippen LogP contribution in [-0.2, 0) is 0 Å². The van der Waals surface area contributed by atoms with Gasteiger partial charge in [0.15, 0.2) is 29.1 Å². The minimum absolute atomic E-state index is 0.0400. The number of amides is 1. The molecule has 9 heteroatoms. The van der Waals surface area contributed by atoms with Crippen molar-refractivity contribution >= 4 is 23.7 Å². The summed E-state index contributed by atoms with van der Waals surface area (Å²) in [6, 6.07) is 3.99. The van der Waals surface area contributed by atoms with Gasteiger partial charge in [0.1, 0.15) is 0 Å². The van der Waals surface area contributed by atoms with Crippen LogP contribution in [0.25, 0.3) is 6.08 Å². The number of aromatic nitrogens is 1. The third kappa shape index (κ3) is 4.01. The Balaban J connectivity index is 1.47. The van der Waals surface area contributed by atoms with Crippen molar-refractivity contribution in [3.63, 3.8) is 0 Å². The smallest absolute Gasteiger partial charge is 0.298 e. The van der Waals surface area contributed by atoms with E-state index in [4.69, 9.17) is 9.15 Å². The van der Waals surface area contributed by atoms with Crippen molar-refractivity contribution in [2.24, 2.45) is 0 Å². The maximum absolute atomic E-state index is 14.4. The molecule has 30 heavy (non-hydrogen) atoms. The van der Waals surface area contributed by atoms with Crippen LogP contribution >= 0.6 is 0 Å². The topological polar surface area (TPSA) is 67.6 Å². The average molecular weight is 421 g/mol. The molecule has 4 rings (SSSR count). The van der Waals surface area contributed by atoms with Crippen molar-refractivity contribution in [3.05, 3.63) is 42.0 Å². The van der Waals surface area contributed by atoms with Crippen molar-refractivity contribution in [2.45, 2.75) is 44.1 Å². The quantitative estimate of drug-likeness (QED) is 0.720. The van der Waals surface area contributed by atoms with Crippen LogP contribution in [0.15, 0.2) is 29.2 Å². The Bertz CT molecular complexity index is 954. The van der Waals surface area contributed by atoms with E-state index in [0.29, 0.717) is 12.4 Å². The first kappa shape index (κ1) is 20.3. The minimum atomic E-state index is -2.97. The molecular formula is C21H22F3N3O3. The summed E-state index contributed by atoms with van der Waals surface area (Å²) in [6.07, 6.45) is 2.32. The summed E-state index contributed by atoms with van der Waals surface area (Å²) in [6.45, 7) is 5.23. The van der Waals surface area contributed by atoms with Gasteiger partial charge in [0, 0.05) is 31.3 Å². The highest BCUT2D eigenvalue weighted by molar-refractivity contribution is 6.04. The zero-order chi connectivity index (χ0) is 21.3. The molecule has 1 aliphatic heterocycles.